The number of likely N-dealkylation sites (N-methyl/N-ethyl adjacent to an activating group) is 1. The molecule has 1 N–H and O–H groups in total. The zero-order chi connectivity index (χ0) is 15.4. The van der Waals surface area contributed by atoms with E-state index in [-0.39, 0.29) is 5.75 Å². The summed E-state index contributed by atoms with van der Waals surface area (Å²) in [5.74, 6) is 0.599. The minimum Gasteiger partial charge on any atom is -0.507 e. The summed E-state index contributed by atoms with van der Waals surface area (Å²) in [5.41, 5.74) is 0.531. The van der Waals surface area contributed by atoms with E-state index < -0.39 is 5.63 Å². The fourth-order valence-corrected chi connectivity index (χ4v) is 2.31. The number of aryl methyl sites for hydroxylation is 1. The van der Waals surface area contributed by atoms with Crippen LogP contribution in [-0.4, -0.2) is 36.2 Å². The number of nitrogens with zero attached hydrogens (tertiary/aromatic N) is 1. The second-order valence-corrected chi connectivity index (χ2v) is 4.89. The summed E-state index contributed by atoms with van der Waals surface area (Å²) in [6.45, 7) is 9.42. The minimum atomic E-state index is -0.566. The summed E-state index contributed by atoms with van der Waals surface area (Å²) >= 11 is 0. The van der Waals surface area contributed by atoms with Gasteiger partial charge in [-0.05, 0) is 32.1 Å². The molecule has 1 aromatic carbocycles. The smallest absolute Gasteiger partial charge is 0.339 e. The van der Waals surface area contributed by atoms with Crippen molar-refractivity contribution in [2.45, 2.75) is 20.8 Å². The lowest BCUT2D eigenvalue weighted by Crippen LogP contribution is -2.28. The zero-order valence-corrected chi connectivity index (χ0v) is 12.7. The van der Waals surface area contributed by atoms with Crippen molar-refractivity contribution in [3.8, 4) is 11.5 Å². The van der Waals surface area contributed by atoms with E-state index in [0.29, 0.717) is 23.3 Å². The highest BCUT2D eigenvalue weighted by molar-refractivity contribution is 5.86. The van der Waals surface area contributed by atoms with Crippen molar-refractivity contribution in [3.63, 3.8) is 0 Å². The Labute approximate surface area is 123 Å². The monoisotopic (exact) mass is 291 g/mol. The molecule has 0 aliphatic carbocycles. The molecule has 21 heavy (non-hydrogen) atoms. The first-order chi connectivity index (χ1) is 10.1. The molecule has 0 saturated heterocycles. The van der Waals surface area contributed by atoms with Crippen LogP contribution >= 0.6 is 0 Å². The van der Waals surface area contributed by atoms with Crippen molar-refractivity contribution in [1.29, 1.82) is 0 Å². The SMILES string of the molecule is CCN(CC)CCOc1ccc2c(O)cc(=O)oc2c1C. The van der Waals surface area contributed by atoms with Gasteiger partial charge in [-0.1, -0.05) is 13.8 Å². The quantitative estimate of drug-likeness (QED) is 0.829. The standard InChI is InChI=1S/C16H21NO4/c1-4-17(5-2)8-9-20-14-7-6-12-13(18)10-15(19)21-16(12)11(14)3/h6-7,10,18H,4-5,8-9H2,1-3H3. The van der Waals surface area contributed by atoms with Gasteiger partial charge in [0.05, 0.1) is 11.5 Å². The lowest BCUT2D eigenvalue weighted by molar-refractivity contribution is 0.222. The summed E-state index contributed by atoms with van der Waals surface area (Å²) in [6.07, 6.45) is 0. The third-order valence-corrected chi connectivity index (χ3v) is 3.65. The highest BCUT2D eigenvalue weighted by atomic mass is 16.5. The molecular formula is C16H21NO4. The van der Waals surface area contributed by atoms with Gasteiger partial charge in [0.15, 0.2) is 0 Å². The summed E-state index contributed by atoms with van der Waals surface area (Å²) in [4.78, 5) is 13.6. The number of hydrogen-bond acceptors (Lipinski definition) is 5. The lowest BCUT2D eigenvalue weighted by Gasteiger charge is -2.18. The molecule has 0 fully saturated rings. The Morgan fingerprint density at radius 2 is 2.00 bits per heavy atom. The Hall–Kier alpha value is -2.01. The molecule has 1 heterocycles. The van der Waals surface area contributed by atoms with E-state index in [1.807, 2.05) is 6.92 Å². The molecule has 5 nitrogen and oxygen atoms in total. The molecule has 0 atom stereocenters. The van der Waals surface area contributed by atoms with E-state index in [4.69, 9.17) is 9.15 Å². The summed E-state index contributed by atoms with van der Waals surface area (Å²) < 4.78 is 11.0. The van der Waals surface area contributed by atoms with E-state index in [2.05, 4.69) is 18.7 Å². The topological polar surface area (TPSA) is 62.9 Å². The van der Waals surface area contributed by atoms with Crippen molar-refractivity contribution in [2.24, 2.45) is 0 Å². The molecule has 1 aromatic heterocycles. The van der Waals surface area contributed by atoms with Crippen molar-refractivity contribution in [1.82, 2.24) is 4.90 Å². The van der Waals surface area contributed by atoms with E-state index in [1.54, 1.807) is 12.1 Å². The second kappa shape index (κ2) is 6.63. The number of ether oxygens (including phenoxy) is 1. The molecule has 0 saturated carbocycles. The zero-order valence-electron chi connectivity index (χ0n) is 12.7. The highest BCUT2D eigenvalue weighted by Crippen LogP contribution is 2.30. The molecule has 0 aliphatic heterocycles. The first-order valence-electron chi connectivity index (χ1n) is 7.18. The maximum atomic E-state index is 11.4. The Kier molecular flexibility index (Phi) is 4.85. The largest absolute Gasteiger partial charge is 0.507 e. The second-order valence-electron chi connectivity index (χ2n) is 4.89. The first kappa shape index (κ1) is 15.4. The van der Waals surface area contributed by atoms with Gasteiger partial charge >= 0.3 is 5.63 Å². The molecular weight excluding hydrogens is 270 g/mol. The first-order valence-corrected chi connectivity index (χ1v) is 7.18. The maximum Gasteiger partial charge on any atom is 0.339 e. The van der Waals surface area contributed by atoms with Crippen molar-refractivity contribution < 1.29 is 14.3 Å². The number of rotatable bonds is 6. The predicted molar refractivity (Wildman–Crippen MR) is 82.2 cm³/mol. The van der Waals surface area contributed by atoms with Crippen LogP contribution in [0.5, 0.6) is 11.5 Å². The Balaban J connectivity index is 2.22. The molecule has 0 radical (unpaired) electrons. The van der Waals surface area contributed by atoms with Crippen LogP contribution in [0, 0.1) is 6.92 Å². The van der Waals surface area contributed by atoms with E-state index in [9.17, 15) is 9.90 Å². The predicted octanol–water partition coefficient (Wildman–Crippen LogP) is 2.53. The molecule has 0 amide bonds. The molecule has 0 spiro atoms. The average Bonchev–Trinajstić information content (AvgIpc) is 2.46. The molecule has 2 aromatic rings. The maximum absolute atomic E-state index is 11.4. The number of fused-ring (bicyclic) bond motifs is 1. The van der Waals surface area contributed by atoms with Gasteiger partial charge in [-0.2, -0.15) is 0 Å². The third kappa shape index (κ3) is 3.36. The number of benzene rings is 1. The summed E-state index contributed by atoms with van der Waals surface area (Å²) in [5, 5.41) is 10.3. The van der Waals surface area contributed by atoms with Crippen LogP contribution in [-0.2, 0) is 0 Å². The Bertz CT molecular complexity index is 674. The highest BCUT2D eigenvalue weighted by Gasteiger charge is 2.11. The van der Waals surface area contributed by atoms with Gasteiger partial charge < -0.3 is 19.2 Å². The summed E-state index contributed by atoms with van der Waals surface area (Å²) in [6, 6.07) is 4.57. The molecule has 5 heteroatoms. The van der Waals surface area contributed by atoms with Gasteiger partial charge in [0.1, 0.15) is 23.7 Å². The number of aromatic hydroxyl groups is 1. The molecule has 0 aliphatic rings. The lowest BCUT2D eigenvalue weighted by atomic mass is 10.1. The van der Waals surface area contributed by atoms with Crippen LogP contribution in [0.15, 0.2) is 27.4 Å². The van der Waals surface area contributed by atoms with Gasteiger partial charge in [0.25, 0.3) is 0 Å². The molecule has 0 bridgehead atoms. The Morgan fingerprint density at radius 1 is 1.29 bits per heavy atom. The van der Waals surface area contributed by atoms with Crippen molar-refractivity contribution in [3.05, 3.63) is 34.2 Å². The van der Waals surface area contributed by atoms with Gasteiger partial charge in [0.2, 0.25) is 0 Å². The normalized spacial score (nSPS) is 11.2. The van der Waals surface area contributed by atoms with Gasteiger partial charge in [-0.15, -0.1) is 0 Å². The minimum absolute atomic E-state index is 0.0703. The summed E-state index contributed by atoms with van der Waals surface area (Å²) in [7, 11) is 0. The third-order valence-electron chi connectivity index (χ3n) is 3.65. The van der Waals surface area contributed by atoms with Crippen molar-refractivity contribution in [2.75, 3.05) is 26.2 Å². The van der Waals surface area contributed by atoms with E-state index in [0.717, 1.165) is 31.3 Å². The van der Waals surface area contributed by atoms with Crippen LogP contribution in [0.3, 0.4) is 0 Å². The van der Waals surface area contributed by atoms with Crippen LogP contribution < -0.4 is 10.4 Å². The molecule has 2 rings (SSSR count). The van der Waals surface area contributed by atoms with Crippen LogP contribution in [0.4, 0.5) is 0 Å². The average molecular weight is 291 g/mol. The van der Waals surface area contributed by atoms with E-state index in [1.165, 1.54) is 0 Å². The van der Waals surface area contributed by atoms with Crippen LogP contribution in [0.2, 0.25) is 0 Å². The van der Waals surface area contributed by atoms with Gasteiger partial charge in [0, 0.05) is 12.1 Å². The Morgan fingerprint density at radius 3 is 2.67 bits per heavy atom. The fraction of sp³-hybridized carbons (Fsp3) is 0.438. The fourth-order valence-electron chi connectivity index (χ4n) is 2.31. The van der Waals surface area contributed by atoms with E-state index >= 15 is 0 Å². The number of hydrogen-bond donors (Lipinski definition) is 1. The van der Waals surface area contributed by atoms with Crippen LogP contribution in [0.1, 0.15) is 19.4 Å². The van der Waals surface area contributed by atoms with Crippen molar-refractivity contribution >= 4 is 11.0 Å². The van der Waals surface area contributed by atoms with Gasteiger partial charge in [-0.3, -0.25) is 0 Å². The van der Waals surface area contributed by atoms with Gasteiger partial charge in [-0.25, -0.2) is 4.79 Å². The molecule has 114 valence electrons. The molecule has 0 unspecified atom stereocenters. The van der Waals surface area contributed by atoms with Crippen LogP contribution in [0.25, 0.3) is 11.0 Å².